The van der Waals surface area contributed by atoms with Gasteiger partial charge in [0.05, 0.1) is 5.66 Å². The highest BCUT2D eigenvalue weighted by Gasteiger charge is 2.28. The predicted octanol–water partition coefficient (Wildman–Crippen LogP) is 1.66. The Bertz CT molecular complexity index is 417. The van der Waals surface area contributed by atoms with Gasteiger partial charge < -0.3 is 16.0 Å². The average molecular weight is 290 g/mol. The molecule has 1 aromatic carbocycles. The maximum Gasteiger partial charge on any atom is 0.0700 e. The summed E-state index contributed by atoms with van der Waals surface area (Å²) in [5.41, 5.74) is 8.91. The Morgan fingerprint density at radius 2 is 1.71 bits per heavy atom. The molecule has 1 fully saturated rings. The minimum absolute atomic E-state index is 0.265. The van der Waals surface area contributed by atoms with Gasteiger partial charge in [0.2, 0.25) is 0 Å². The lowest BCUT2D eigenvalue weighted by Gasteiger charge is -2.41. The van der Waals surface area contributed by atoms with Gasteiger partial charge in [-0.25, -0.2) is 0 Å². The molecule has 1 aromatic rings. The molecule has 1 atom stereocenters. The molecule has 4 heteroatoms. The van der Waals surface area contributed by atoms with Gasteiger partial charge in [-0.05, 0) is 38.5 Å². The van der Waals surface area contributed by atoms with Crippen molar-refractivity contribution < 1.29 is 0 Å². The maximum atomic E-state index is 6.56. The smallest absolute Gasteiger partial charge is 0.0700 e. The van der Waals surface area contributed by atoms with Crippen LogP contribution in [0.15, 0.2) is 24.3 Å². The van der Waals surface area contributed by atoms with Crippen molar-refractivity contribution in [2.45, 2.75) is 32.9 Å². The molecule has 3 N–H and O–H groups in total. The summed E-state index contributed by atoms with van der Waals surface area (Å²) in [5.74, 6) is 0. The highest BCUT2D eigenvalue weighted by Crippen LogP contribution is 2.20. The van der Waals surface area contributed by atoms with Crippen molar-refractivity contribution >= 4 is 5.69 Å². The predicted molar refractivity (Wildman–Crippen MR) is 90.7 cm³/mol. The summed E-state index contributed by atoms with van der Waals surface area (Å²) in [6.07, 6.45) is 0.894. The summed E-state index contributed by atoms with van der Waals surface area (Å²) in [6, 6.07) is 8.88. The lowest BCUT2D eigenvalue weighted by atomic mass is 9.99. The molecule has 118 valence electrons. The Kier molecular flexibility index (Phi) is 5.62. The first-order valence-corrected chi connectivity index (χ1v) is 8.15. The molecule has 0 amide bonds. The summed E-state index contributed by atoms with van der Waals surface area (Å²) in [4.78, 5) is 4.75. The molecule has 0 radical (unpaired) electrons. The largest absolute Gasteiger partial charge is 0.372 e. The average Bonchev–Trinajstić information content (AvgIpc) is 2.51. The molecule has 1 aliphatic rings. The van der Waals surface area contributed by atoms with E-state index in [4.69, 9.17) is 5.73 Å². The van der Waals surface area contributed by atoms with Crippen molar-refractivity contribution in [2.24, 2.45) is 5.73 Å². The normalized spacial score (nSPS) is 19.2. The van der Waals surface area contributed by atoms with Crippen LogP contribution in [-0.2, 0) is 6.42 Å². The van der Waals surface area contributed by atoms with Gasteiger partial charge in [-0.3, -0.25) is 4.90 Å². The van der Waals surface area contributed by atoms with Crippen LogP contribution in [0.1, 0.15) is 26.3 Å². The monoisotopic (exact) mass is 290 g/mol. The minimum Gasteiger partial charge on any atom is -0.372 e. The van der Waals surface area contributed by atoms with Gasteiger partial charge in [-0.2, -0.15) is 0 Å². The van der Waals surface area contributed by atoms with E-state index in [1.54, 1.807) is 0 Å². The van der Waals surface area contributed by atoms with Gasteiger partial charge >= 0.3 is 0 Å². The van der Waals surface area contributed by atoms with Crippen molar-refractivity contribution in [3.8, 4) is 0 Å². The Morgan fingerprint density at radius 1 is 1.14 bits per heavy atom. The fourth-order valence-electron chi connectivity index (χ4n) is 3.11. The topological polar surface area (TPSA) is 44.5 Å². The van der Waals surface area contributed by atoms with Crippen LogP contribution in [0.5, 0.6) is 0 Å². The second-order valence-corrected chi connectivity index (χ2v) is 6.11. The third-order valence-corrected chi connectivity index (χ3v) is 4.47. The molecule has 0 bridgehead atoms. The standard InChI is InChI=1S/C17H30N4/c1-4-20(5-2)16-8-6-15(7-9-16)14-17(3,18)21-12-10-19-11-13-21/h6-9,19H,4-5,10-14,18H2,1-3H3. The van der Waals surface area contributed by atoms with Crippen LogP contribution in [0.3, 0.4) is 0 Å². The molecule has 1 unspecified atom stereocenters. The van der Waals surface area contributed by atoms with Crippen LogP contribution in [-0.4, -0.2) is 49.8 Å². The van der Waals surface area contributed by atoms with E-state index in [0.29, 0.717) is 0 Å². The lowest BCUT2D eigenvalue weighted by molar-refractivity contribution is 0.0932. The minimum atomic E-state index is -0.265. The first-order chi connectivity index (χ1) is 10.1. The van der Waals surface area contributed by atoms with Crippen LogP contribution in [0, 0.1) is 0 Å². The fraction of sp³-hybridized carbons (Fsp3) is 0.647. The number of nitrogens with zero attached hydrogens (tertiary/aromatic N) is 2. The van der Waals surface area contributed by atoms with E-state index < -0.39 is 0 Å². The quantitative estimate of drug-likeness (QED) is 0.836. The highest BCUT2D eigenvalue weighted by atomic mass is 15.3. The van der Waals surface area contributed by atoms with Gasteiger partial charge in [0.15, 0.2) is 0 Å². The SMILES string of the molecule is CCN(CC)c1ccc(CC(C)(N)N2CCNCC2)cc1. The van der Waals surface area contributed by atoms with Gasteiger partial charge in [0, 0.05) is 51.4 Å². The van der Waals surface area contributed by atoms with E-state index in [1.165, 1.54) is 11.3 Å². The molecule has 2 rings (SSSR count). The first kappa shape index (κ1) is 16.3. The number of piperazine rings is 1. The third kappa shape index (κ3) is 4.19. The lowest BCUT2D eigenvalue weighted by Crippen LogP contribution is -2.60. The number of anilines is 1. The van der Waals surface area contributed by atoms with Crippen molar-refractivity contribution in [3.63, 3.8) is 0 Å². The number of benzene rings is 1. The van der Waals surface area contributed by atoms with Crippen LogP contribution in [0.4, 0.5) is 5.69 Å². The van der Waals surface area contributed by atoms with Crippen molar-refractivity contribution in [2.75, 3.05) is 44.2 Å². The van der Waals surface area contributed by atoms with Crippen molar-refractivity contribution in [1.29, 1.82) is 0 Å². The molecule has 4 nitrogen and oxygen atoms in total. The number of hydrogen-bond donors (Lipinski definition) is 2. The van der Waals surface area contributed by atoms with E-state index in [-0.39, 0.29) is 5.66 Å². The molecule has 0 aromatic heterocycles. The Labute approximate surface area is 129 Å². The van der Waals surface area contributed by atoms with Crippen LogP contribution in [0.25, 0.3) is 0 Å². The number of nitrogens with two attached hydrogens (primary N) is 1. The number of rotatable bonds is 6. The summed E-state index contributed by atoms with van der Waals surface area (Å²) in [7, 11) is 0. The van der Waals surface area contributed by atoms with E-state index in [2.05, 4.69) is 60.2 Å². The summed E-state index contributed by atoms with van der Waals surface area (Å²) >= 11 is 0. The zero-order valence-electron chi connectivity index (χ0n) is 13.7. The molecule has 1 aliphatic heterocycles. The van der Waals surface area contributed by atoms with Gasteiger partial charge in [0.1, 0.15) is 0 Å². The Hall–Kier alpha value is -1.10. The fourth-order valence-corrected chi connectivity index (χ4v) is 3.11. The first-order valence-electron chi connectivity index (χ1n) is 8.15. The van der Waals surface area contributed by atoms with Gasteiger partial charge in [-0.15, -0.1) is 0 Å². The van der Waals surface area contributed by atoms with Crippen LogP contribution in [0.2, 0.25) is 0 Å². The zero-order valence-corrected chi connectivity index (χ0v) is 13.7. The van der Waals surface area contributed by atoms with E-state index >= 15 is 0 Å². The third-order valence-electron chi connectivity index (χ3n) is 4.47. The molecule has 1 saturated heterocycles. The Balaban J connectivity index is 2.01. The highest BCUT2D eigenvalue weighted by molar-refractivity contribution is 5.47. The van der Waals surface area contributed by atoms with Gasteiger partial charge in [0.25, 0.3) is 0 Å². The summed E-state index contributed by atoms with van der Waals surface area (Å²) in [5, 5.41) is 3.38. The number of hydrogen-bond acceptors (Lipinski definition) is 4. The zero-order chi connectivity index (χ0) is 15.3. The van der Waals surface area contributed by atoms with E-state index in [0.717, 1.165) is 45.7 Å². The molecule has 0 spiro atoms. The number of nitrogens with one attached hydrogen (secondary N) is 1. The summed E-state index contributed by atoms with van der Waals surface area (Å²) < 4.78 is 0. The van der Waals surface area contributed by atoms with Gasteiger partial charge in [-0.1, -0.05) is 12.1 Å². The second kappa shape index (κ2) is 7.25. The van der Waals surface area contributed by atoms with Crippen molar-refractivity contribution in [1.82, 2.24) is 10.2 Å². The van der Waals surface area contributed by atoms with E-state index in [1.807, 2.05) is 0 Å². The van der Waals surface area contributed by atoms with Crippen molar-refractivity contribution in [3.05, 3.63) is 29.8 Å². The molecule has 21 heavy (non-hydrogen) atoms. The molecule has 0 aliphatic carbocycles. The maximum absolute atomic E-state index is 6.56. The molecular weight excluding hydrogens is 260 g/mol. The summed E-state index contributed by atoms with van der Waals surface area (Å²) in [6.45, 7) is 12.8. The van der Waals surface area contributed by atoms with Crippen LogP contribution >= 0.6 is 0 Å². The van der Waals surface area contributed by atoms with Crippen LogP contribution < -0.4 is 16.0 Å². The molecular formula is C17H30N4. The molecule has 1 heterocycles. The molecule has 0 saturated carbocycles. The Morgan fingerprint density at radius 3 is 2.24 bits per heavy atom. The second-order valence-electron chi connectivity index (χ2n) is 6.11. The van der Waals surface area contributed by atoms with E-state index in [9.17, 15) is 0 Å².